The molecule has 2 amide bonds. The highest BCUT2D eigenvalue weighted by Gasteiger charge is 2.29. The Morgan fingerprint density at radius 1 is 1.40 bits per heavy atom. The molecule has 0 bridgehead atoms. The van der Waals surface area contributed by atoms with E-state index in [1.165, 1.54) is 0 Å². The van der Waals surface area contributed by atoms with Gasteiger partial charge in [-0.25, -0.2) is 0 Å². The lowest BCUT2D eigenvalue weighted by atomic mass is 10.2. The van der Waals surface area contributed by atoms with Crippen LogP contribution >= 0.6 is 0 Å². The van der Waals surface area contributed by atoms with E-state index in [4.69, 9.17) is 0 Å². The third kappa shape index (κ3) is 3.17. The van der Waals surface area contributed by atoms with E-state index in [2.05, 4.69) is 5.32 Å². The van der Waals surface area contributed by atoms with Crippen molar-refractivity contribution in [2.24, 2.45) is 0 Å². The highest BCUT2D eigenvalue weighted by atomic mass is 16.2. The molecule has 1 saturated heterocycles. The van der Waals surface area contributed by atoms with E-state index in [1.54, 1.807) is 4.90 Å². The van der Waals surface area contributed by atoms with Crippen LogP contribution in [0.4, 0.5) is 5.69 Å². The smallest absolute Gasteiger partial charge is 0.244 e. The van der Waals surface area contributed by atoms with Crippen molar-refractivity contribution in [3.05, 3.63) is 30.3 Å². The topological polar surface area (TPSA) is 52.7 Å². The summed E-state index contributed by atoms with van der Waals surface area (Å²) in [4.78, 5) is 27.7. The number of rotatable bonds is 4. The highest BCUT2D eigenvalue weighted by Crippen LogP contribution is 2.16. The Morgan fingerprint density at radius 2 is 2.10 bits per heavy atom. The maximum atomic E-state index is 12.6. The minimum Gasteiger partial charge on any atom is -0.354 e. The summed E-state index contributed by atoms with van der Waals surface area (Å²) >= 11 is 0. The normalized spacial score (nSPS) is 17.4. The van der Waals surface area contributed by atoms with E-state index in [0.717, 1.165) is 5.69 Å². The number of hydrogen-bond donors (Lipinski definition) is 1. The third-order valence-corrected chi connectivity index (χ3v) is 3.62. The van der Waals surface area contributed by atoms with Crippen LogP contribution in [0.3, 0.4) is 0 Å². The van der Waals surface area contributed by atoms with Crippen LogP contribution < -0.4 is 10.2 Å². The molecule has 0 aromatic heterocycles. The van der Waals surface area contributed by atoms with Gasteiger partial charge >= 0.3 is 0 Å². The number of carbonyl (C=O) groups excluding carboxylic acids is 2. The molecule has 1 N–H and O–H groups in total. The summed E-state index contributed by atoms with van der Waals surface area (Å²) in [5.41, 5.74) is 0.897. The summed E-state index contributed by atoms with van der Waals surface area (Å²) in [5.74, 6) is 0.0204. The minimum absolute atomic E-state index is 0.0151. The summed E-state index contributed by atoms with van der Waals surface area (Å²) in [6.45, 7) is 6.05. The van der Waals surface area contributed by atoms with E-state index < -0.39 is 0 Å². The average Bonchev–Trinajstić information content (AvgIpc) is 2.48. The number of carbonyl (C=O) groups is 2. The number of para-hydroxylation sites is 1. The number of piperazine rings is 1. The van der Waals surface area contributed by atoms with Crippen molar-refractivity contribution in [1.82, 2.24) is 10.2 Å². The van der Waals surface area contributed by atoms with Gasteiger partial charge in [0.1, 0.15) is 0 Å². The van der Waals surface area contributed by atoms with Crippen LogP contribution in [0.25, 0.3) is 0 Å². The molecule has 5 heteroatoms. The second-order valence-electron chi connectivity index (χ2n) is 4.91. The summed E-state index contributed by atoms with van der Waals surface area (Å²) in [6, 6.07) is 9.34. The standard InChI is InChI=1S/C15H21N3O2/c1-3-18(13-7-5-4-6-8-13)15(20)12(2)17-10-9-16-14(19)11-17/h4-8,12H,3,9-11H2,1-2H3,(H,16,19)/t12-/m1/s1. The number of nitrogens with one attached hydrogen (secondary N) is 1. The van der Waals surface area contributed by atoms with Crippen molar-refractivity contribution >= 4 is 17.5 Å². The molecule has 2 rings (SSSR count). The Labute approximate surface area is 119 Å². The van der Waals surface area contributed by atoms with E-state index in [1.807, 2.05) is 49.1 Å². The summed E-state index contributed by atoms with van der Waals surface area (Å²) < 4.78 is 0. The first-order valence-corrected chi connectivity index (χ1v) is 7.00. The highest BCUT2D eigenvalue weighted by molar-refractivity contribution is 5.97. The maximum absolute atomic E-state index is 12.6. The van der Waals surface area contributed by atoms with Crippen LogP contribution in [0, 0.1) is 0 Å². The van der Waals surface area contributed by atoms with Crippen LogP contribution in [0.15, 0.2) is 30.3 Å². The van der Waals surface area contributed by atoms with E-state index in [-0.39, 0.29) is 17.9 Å². The lowest BCUT2D eigenvalue weighted by Gasteiger charge is -2.34. The molecular weight excluding hydrogens is 254 g/mol. The van der Waals surface area contributed by atoms with Crippen LogP contribution in [-0.2, 0) is 9.59 Å². The van der Waals surface area contributed by atoms with Gasteiger partial charge in [0.15, 0.2) is 0 Å². The number of hydrogen-bond acceptors (Lipinski definition) is 3. The van der Waals surface area contributed by atoms with Gasteiger partial charge in [0.05, 0.1) is 12.6 Å². The first-order valence-electron chi connectivity index (χ1n) is 7.00. The molecule has 1 aliphatic rings. The second-order valence-corrected chi connectivity index (χ2v) is 4.91. The molecule has 0 saturated carbocycles. The summed E-state index contributed by atoms with van der Waals surface area (Å²) in [7, 11) is 0. The van der Waals surface area contributed by atoms with Crippen molar-refractivity contribution in [2.75, 3.05) is 31.1 Å². The van der Waals surface area contributed by atoms with E-state index in [9.17, 15) is 9.59 Å². The third-order valence-electron chi connectivity index (χ3n) is 3.62. The molecule has 0 aliphatic carbocycles. The van der Waals surface area contributed by atoms with Crippen LogP contribution in [0.5, 0.6) is 0 Å². The number of anilines is 1. The van der Waals surface area contributed by atoms with Gasteiger partial charge in [0.2, 0.25) is 11.8 Å². The Kier molecular flexibility index (Phi) is 4.74. The van der Waals surface area contributed by atoms with Gasteiger partial charge in [-0.1, -0.05) is 18.2 Å². The average molecular weight is 275 g/mol. The van der Waals surface area contributed by atoms with Gasteiger partial charge < -0.3 is 10.2 Å². The quantitative estimate of drug-likeness (QED) is 0.886. The number of benzene rings is 1. The van der Waals surface area contributed by atoms with Crippen molar-refractivity contribution in [3.63, 3.8) is 0 Å². The summed E-state index contributed by atoms with van der Waals surface area (Å²) in [5, 5.41) is 2.78. The fourth-order valence-electron chi connectivity index (χ4n) is 2.44. The molecule has 1 fully saturated rings. The molecule has 1 atom stereocenters. The molecule has 5 nitrogen and oxygen atoms in total. The lowest BCUT2D eigenvalue weighted by Crippen LogP contribution is -2.55. The van der Waals surface area contributed by atoms with Gasteiger partial charge in [-0.05, 0) is 26.0 Å². The zero-order valence-corrected chi connectivity index (χ0v) is 12.0. The van der Waals surface area contributed by atoms with Gasteiger partial charge in [-0.3, -0.25) is 14.5 Å². The van der Waals surface area contributed by atoms with E-state index >= 15 is 0 Å². The van der Waals surface area contributed by atoms with Crippen molar-refractivity contribution in [2.45, 2.75) is 19.9 Å². The SMILES string of the molecule is CCN(C(=O)[C@@H](C)N1CCNC(=O)C1)c1ccccc1. The Balaban J connectivity index is 2.10. The molecular formula is C15H21N3O2. The Hall–Kier alpha value is -1.88. The molecule has 108 valence electrons. The molecule has 1 heterocycles. The van der Waals surface area contributed by atoms with Gasteiger partial charge in [-0.15, -0.1) is 0 Å². The maximum Gasteiger partial charge on any atom is 0.244 e. The van der Waals surface area contributed by atoms with Crippen molar-refractivity contribution in [3.8, 4) is 0 Å². The molecule has 1 aromatic rings. The zero-order valence-electron chi connectivity index (χ0n) is 12.0. The first-order chi connectivity index (χ1) is 9.63. The Morgan fingerprint density at radius 3 is 2.70 bits per heavy atom. The van der Waals surface area contributed by atoms with Crippen LogP contribution in [0.1, 0.15) is 13.8 Å². The molecule has 20 heavy (non-hydrogen) atoms. The number of amides is 2. The molecule has 0 spiro atoms. The monoisotopic (exact) mass is 275 g/mol. The first kappa shape index (κ1) is 14.5. The van der Waals surface area contributed by atoms with E-state index in [0.29, 0.717) is 26.2 Å². The number of likely N-dealkylation sites (N-methyl/N-ethyl adjacent to an activating group) is 1. The fourth-order valence-corrected chi connectivity index (χ4v) is 2.44. The second kappa shape index (κ2) is 6.52. The van der Waals surface area contributed by atoms with Gasteiger partial charge in [0.25, 0.3) is 0 Å². The predicted octanol–water partition coefficient (Wildman–Crippen LogP) is 0.860. The van der Waals surface area contributed by atoms with Crippen molar-refractivity contribution < 1.29 is 9.59 Å². The minimum atomic E-state index is -0.291. The molecule has 0 radical (unpaired) electrons. The largest absolute Gasteiger partial charge is 0.354 e. The molecule has 1 aliphatic heterocycles. The zero-order chi connectivity index (χ0) is 14.5. The predicted molar refractivity (Wildman–Crippen MR) is 78.5 cm³/mol. The van der Waals surface area contributed by atoms with Crippen molar-refractivity contribution in [1.29, 1.82) is 0 Å². The molecule has 1 aromatic carbocycles. The molecule has 0 unspecified atom stereocenters. The fraction of sp³-hybridized carbons (Fsp3) is 0.467. The lowest BCUT2D eigenvalue weighted by molar-refractivity contribution is -0.128. The van der Waals surface area contributed by atoms with Crippen LogP contribution in [-0.4, -0.2) is 48.9 Å². The number of nitrogens with zero attached hydrogens (tertiary/aromatic N) is 2. The Bertz CT molecular complexity index is 475. The summed E-state index contributed by atoms with van der Waals surface area (Å²) in [6.07, 6.45) is 0. The van der Waals surface area contributed by atoms with Gasteiger partial charge in [-0.2, -0.15) is 0 Å². The van der Waals surface area contributed by atoms with Gasteiger partial charge in [0, 0.05) is 25.3 Å². The van der Waals surface area contributed by atoms with Crippen LogP contribution in [0.2, 0.25) is 0 Å².